The number of nitrogens with zero attached hydrogens (tertiary/aromatic N) is 2. The lowest BCUT2D eigenvalue weighted by atomic mass is 10.1. The number of fused-ring (bicyclic) bond motifs is 1. The Labute approximate surface area is 144 Å². The monoisotopic (exact) mass is 419 g/mol. The normalized spacial score (nSPS) is 11.0. The van der Waals surface area contributed by atoms with E-state index in [9.17, 15) is 0 Å². The van der Waals surface area contributed by atoms with Gasteiger partial charge < -0.3 is 9.73 Å². The fourth-order valence-electron chi connectivity index (χ4n) is 2.27. The molecule has 0 unspecified atom stereocenters. The number of hydrogen-bond donors (Lipinski definition) is 1. The van der Waals surface area contributed by atoms with Crippen LogP contribution in [0, 0.1) is 3.57 Å². The molecule has 2 aromatic carbocycles. The highest BCUT2D eigenvalue weighted by atomic mass is 127. The maximum absolute atomic E-state index is 5.38. The van der Waals surface area contributed by atoms with Crippen molar-refractivity contribution in [1.29, 1.82) is 0 Å². The van der Waals surface area contributed by atoms with Gasteiger partial charge in [0.05, 0.1) is 11.3 Å². The van der Waals surface area contributed by atoms with Gasteiger partial charge in [-0.3, -0.25) is 0 Å². The number of rotatable bonds is 3. The number of halogens is 1. The largest absolute Gasteiger partial charge is 0.423 e. The van der Waals surface area contributed by atoms with Crippen molar-refractivity contribution < 1.29 is 4.42 Å². The summed E-state index contributed by atoms with van der Waals surface area (Å²) < 4.78 is 7.80. The Bertz CT molecular complexity index is 916. The highest BCUT2D eigenvalue weighted by Gasteiger charge is 2.12. The van der Waals surface area contributed by atoms with Crippen molar-refractivity contribution >= 4 is 55.4 Å². The Kier molecular flexibility index (Phi) is 3.55. The van der Waals surface area contributed by atoms with E-state index < -0.39 is 0 Å². The molecule has 0 saturated heterocycles. The van der Waals surface area contributed by atoms with Crippen molar-refractivity contribution in [2.45, 2.75) is 0 Å². The molecular weight excluding hydrogens is 409 g/mol. The van der Waals surface area contributed by atoms with E-state index in [1.165, 1.54) is 20.0 Å². The molecule has 0 aliphatic heterocycles. The summed E-state index contributed by atoms with van der Waals surface area (Å²) in [6.45, 7) is 0. The zero-order chi connectivity index (χ0) is 14.9. The molecular formula is C16H10IN3OS. The molecule has 4 rings (SSSR count). The molecule has 2 aromatic heterocycles. The van der Waals surface area contributed by atoms with Crippen LogP contribution in [-0.4, -0.2) is 10.2 Å². The molecule has 0 aliphatic rings. The van der Waals surface area contributed by atoms with Gasteiger partial charge in [-0.15, -0.1) is 21.5 Å². The molecule has 6 heteroatoms. The van der Waals surface area contributed by atoms with E-state index >= 15 is 0 Å². The highest BCUT2D eigenvalue weighted by Crippen LogP contribution is 2.35. The maximum Gasteiger partial charge on any atom is 0.249 e. The molecule has 0 radical (unpaired) electrons. The van der Waals surface area contributed by atoms with Crippen molar-refractivity contribution in [2.24, 2.45) is 0 Å². The quantitative estimate of drug-likeness (QED) is 0.458. The second kappa shape index (κ2) is 5.69. The average Bonchev–Trinajstić information content (AvgIpc) is 3.19. The van der Waals surface area contributed by atoms with E-state index in [2.05, 4.69) is 85.9 Å². The predicted molar refractivity (Wildman–Crippen MR) is 97.6 cm³/mol. The summed E-state index contributed by atoms with van der Waals surface area (Å²) >= 11 is 4.01. The lowest BCUT2D eigenvalue weighted by molar-refractivity contribution is 0.569. The third kappa shape index (κ3) is 2.59. The molecule has 4 aromatic rings. The fourth-order valence-corrected chi connectivity index (χ4v) is 3.44. The first-order valence-corrected chi connectivity index (χ1v) is 8.56. The molecule has 0 saturated carbocycles. The fraction of sp³-hybridized carbons (Fsp3) is 0. The standard InChI is InChI=1S/C16H10IN3OS/c17-11-1-3-12(4-2-11)19-14-8-15-10(5-6-22-15)7-13(14)16-20-18-9-21-16/h1-9,19H. The lowest BCUT2D eigenvalue weighted by Crippen LogP contribution is -1.94. The second-order valence-corrected chi connectivity index (χ2v) is 6.93. The van der Waals surface area contributed by atoms with Crippen LogP contribution in [0.3, 0.4) is 0 Å². The Balaban J connectivity index is 1.83. The molecule has 108 valence electrons. The van der Waals surface area contributed by atoms with E-state index in [0.717, 1.165) is 16.9 Å². The number of thiophene rings is 1. The van der Waals surface area contributed by atoms with E-state index in [1.54, 1.807) is 11.3 Å². The van der Waals surface area contributed by atoms with Gasteiger partial charge >= 0.3 is 0 Å². The zero-order valence-electron chi connectivity index (χ0n) is 11.3. The Morgan fingerprint density at radius 3 is 2.73 bits per heavy atom. The van der Waals surface area contributed by atoms with E-state index in [1.807, 2.05) is 0 Å². The van der Waals surface area contributed by atoms with Crippen LogP contribution in [0.2, 0.25) is 0 Å². The summed E-state index contributed by atoms with van der Waals surface area (Å²) in [5.41, 5.74) is 2.89. The zero-order valence-corrected chi connectivity index (χ0v) is 14.3. The van der Waals surface area contributed by atoms with Gasteiger partial charge in [0.25, 0.3) is 0 Å². The molecule has 0 fully saturated rings. The van der Waals surface area contributed by atoms with Crippen LogP contribution in [-0.2, 0) is 0 Å². The molecule has 0 amide bonds. The van der Waals surface area contributed by atoms with Gasteiger partial charge in [-0.05, 0) is 75.8 Å². The highest BCUT2D eigenvalue weighted by molar-refractivity contribution is 14.1. The predicted octanol–water partition coefficient (Wildman–Crippen LogP) is 5.30. The molecule has 0 aliphatic carbocycles. The van der Waals surface area contributed by atoms with Gasteiger partial charge in [-0.25, -0.2) is 0 Å². The minimum absolute atomic E-state index is 0.515. The van der Waals surface area contributed by atoms with Crippen LogP contribution in [0.1, 0.15) is 0 Å². The summed E-state index contributed by atoms with van der Waals surface area (Å²) in [6, 6.07) is 14.5. The van der Waals surface area contributed by atoms with Gasteiger partial charge in [-0.1, -0.05) is 0 Å². The summed E-state index contributed by atoms with van der Waals surface area (Å²) in [7, 11) is 0. The number of nitrogens with one attached hydrogen (secondary N) is 1. The number of benzene rings is 2. The van der Waals surface area contributed by atoms with Crippen molar-refractivity contribution in [1.82, 2.24) is 10.2 Å². The SMILES string of the molecule is Ic1ccc(Nc2cc3sccc3cc2-c2nnco2)cc1. The maximum atomic E-state index is 5.38. The molecule has 0 atom stereocenters. The van der Waals surface area contributed by atoms with Gasteiger partial charge in [0, 0.05) is 14.0 Å². The van der Waals surface area contributed by atoms with Crippen molar-refractivity contribution in [3.63, 3.8) is 0 Å². The first-order valence-electron chi connectivity index (χ1n) is 6.60. The summed E-state index contributed by atoms with van der Waals surface area (Å²) in [6.07, 6.45) is 1.35. The van der Waals surface area contributed by atoms with Crippen LogP contribution in [0.25, 0.3) is 21.5 Å². The van der Waals surface area contributed by atoms with Gasteiger partial charge in [0.1, 0.15) is 0 Å². The van der Waals surface area contributed by atoms with Crippen molar-refractivity contribution in [3.8, 4) is 11.5 Å². The van der Waals surface area contributed by atoms with Crippen molar-refractivity contribution in [2.75, 3.05) is 5.32 Å². The molecule has 1 N–H and O–H groups in total. The molecule has 0 bridgehead atoms. The number of aromatic nitrogens is 2. The summed E-state index contributed by atoms with van der Waals surface area (Å²) in [5, 5.41) is 14.5. The van der Waals surface area contributed by atoms with Gasteiger partial charge in [0.15, 0.2) is 0 Å². The van der Waals surface area contributed by atoms with Crippen LogP contribution in [0.5, 0.6) is 0 Å². The summed E-state index contributed by atoms with van der Waals surface area (Å²) in [5.74, 6) is 0.515. The summed E-state index contributed by atoms with van der Waals surface area (Å²) in [4.78, 5) is 0. The third-order valence-electron chi connectivity index (χ3n) is 3.31. The Morgan fingerprint density at radius 1 is 1.09 bits per heavy atom. The minimum atomic E-state index is 0.515. The molecule has 4 nitrogen and oxygen atoms in total. The Hall–Kier alpha value is -1.93. The first-order chi connectivity index (χ1) is 10.8. The second-order valence-electron chi connectivity index (χ2n) is 4.73. The van der Waals surface area contributed by atoms with Crippen molar-refractivity contribution in [3.05, 3.63) is 57.8 Å². The average molecular weight is 419 g/mol. The number of anilines is 2. The minimum Gasteiger partial charge on any atom is -0.423 e. The molecule has 0 spiro atoms. The van der Waals surface area contributed by atoms with Gasteiger partial charge in [0.2, 0.25) is 12.3 Å². The molecule has 22 heavy (non-hydrogen) atoms. The van der Waals surface area contributed by atoms with Crippen LogP contribution in [0.15, 0.2) is 58.7 Å². The van der Waals surface area contributed by atoms with Crippen LogP contribution in [0.4, 0.5) is 11.4 Å². The van der Waals surface area contributed by atoms with Crippen LogP contribution >= 0.6 is 33.9 Å². The van der Waals surface area contributed by atoms with E-state index in [-0.39, 0.29) is 0 Å². The molecule has 2 heterocycles. The first kappa shape index (κ1) is 13.7. The third-order valence-corrected chi connectivity index (χ3v) is 4.91. The van der Waals surface area contributed by atoms with Gasteiger partial charge in [-0.2, -0.15) is 0 Å². The van der Waals surface area contributed by atoms with Crippen LogP contribution < -0.4 is 5.32 Å². The number of hydrogen-bond acceptors (Lipinski definition) is 5. The van der Waals surface area contributed by atoms with E-state index in [4.69, 9.17) is 4.42 Å². The lowest BCUT2D eigenvalue weighted by Gasteiger charge is -2.10. The van der Waals surface area contributed by atoms with E-state index in [0.29, 0.717) is 5.89 Å². The Morgan fingerprint density at radius 2 is 1.95 bits per heavy atom. The topological polar surface area (TPSA) is 51.0 Å². The smallest absolute Gasteiger partial charge is 0.249 e.